The van der Waals surface area contributed by atoms with E-state index in [4.69, 9.17) is 10.5 Å². The Morgan fingerprint density at radius 1 is 1.15 bits per heavy atom. The van der Waals surface area contributed by atoms with Gasteiger partial charge in [0.1, 0.15) is 11.6 Å². The number of hydrogen-bond donors (Lipinski definition) is 1. The van der Waals surface area contributed by atoms with Crippen LogP contribution in [0.5, 0.6) is 5.75 Å². The fourth-order valence-corrected chi connectivity index (χ4v) is 2.73. The van der Waals surface area contributed by atoms with Crippen molar-refractivity contribution in [2.24, 2.45) is 0 Å². The minimum atomic E-state index is -0.245. The third kappa shape index (κ3) is 4.46. The van der Waals surface area contributed by atoms with Gasteiger partial charge in [-0.1, -0.05) is 6.07 Å². The first-order chi connectivity index (χ1) is 9.65. The Bertz CT molecular complexity index is 557. The molecular weight excluding hydrogens is 273 g/mol. The highest BCUT2D eigenvalue weighted by atomic mass is 32.2. The minimum absolute atomic E-state index is 0.245. The van der Waals surface area contributed by atoms with Crippen LogP contribution in [0.25, 0.3) is 0 Å². The van der Waals surface area contributed by atoms with Gasteiger partial charge >= 0.3 is 0 Å². The number of nitrogen functional groups attached to an aromatic ring is 1. The van der Waals surface area contributed by atoms with Crippen LogP contribution in [0.2, 0.25) is 0 Å². The smallest absolute Gasteiger partial charge is 0.123 e. The van der Waals surface area contributed by atoms with E-state index in [1.165, 1.54) is 22.6 Å². The standard InChI is InChI=1S/C16H18FNOS/c1-12-3-6-14(18)11-16(12)20-10-2-9-19-15-7-4-13(17)5-8-15/h3-8,11H,2,9-10,18H2,1H3. The van der Waals surface area contributed by atoms with E-state index in [1.54, 1.807) is 23.9 Å². The number of ether oxygens (including phenoxy) is 1. The van der Waals surface area contributed by atoms with Crippen LogP contribution in [-0.4, -0.2) is 12.4 Å². The van der Waals surface area contributed by atoms with Gasteiger partial charge in [0.25, 0.3) is 0 Å². The van der Waals surface area contributed by atoms with Crippen LogP contribution < -0.4 is 10.5 Å². The van der Waals surface area contributed by atoms with Crippen molar-refractivity contribution in [3.8, 4) is 5.75 Å². The highest BCUT2D eigenvalue weighted by Gasteiger charge is 2.00. The average molecular weight is 291 g/mol. The number of thioether (sulfide) groups is 1. The normalized spacial score (nSPS) is 10.5. The van der Waals surface area contributed by atoms with Crippen molar-refractivity contribution >= 4 is 17.4 Å². The topological polar surface area (TPSA) is 35.2 Å². The van der Waals surface area contributed by atoms with E-state index in [-0.39, 0.29) is 5.82 Å². The molecule has 0 aromatic heterocycles. The number of aryl methyl sites for hydroxylation is 1. The maximum atomic E-state index is 12.7. The van der Waals surface area contributed by atoms with Crippen LogP contribution in [0.1, 0.15) is 12.0 Å². The van der Waals surface area contributed by atoms with E-state index in [1.807, 2.05) is 18.2 Å². The first-order valence-electron chi connectivity index (χ1n) is 6.52. The monoisotopic (exact) mass is 291 g/mol. The van der Waals surface area contributed by atoms with Crippen molar-refractivity contribution in [2.45, 2.75) is 18.2 Å². The van der Waals surface area contributed by atoms with E-state index in [2.05, 4.69) is 6.92 Å². The summed E-state index contributed by atoms with van der Waals surface area (Å²) in [5.74, 6) is 1.42. The fourth-order valence-electron chi connectivity index (χ4n) is 1.73. The van der Waals surface area contributed by atoms with Gasteiger partial charge in [0.2, 0.25) is 0 Å². The molecule has 20 heavy (non-hydrogen) atoms. The van der Waals surface area contributed by atoms with Crippen molar-refractivity contribution in [1.29, 1.82) is 0 Å². The molecule has 106 valence electrons. The molecule has 0 spiro atoms. The largest absolute Gasteiger partial charge is 0.494 e. The Labute approximate surface area is 123 Å². The van der Waals surface area contributed by atoms with Gasteiger partial charge in [0, 0.05) is 16.3 Å². The number of nitrogens with two attached hydrogens (primary N) is 1. The average Bonchev–Trinajstić information content (AvgIpc) is 2.44. The van der Waals surface area contributed by atoms with E-state index in [0.29, 0.717) is 12.4 Å². The molecule has 0 aliphatic carbocycles. The lowest BCUT2D eigenvalue weighted by Crippen LogP contribution is -1.99. The summed E-state index contributed by atoms with van der Waals surface area (Å²) in [6.45, 7) is 2.71. The summed E-state index contributed by atoms with van der Waals surface area (Å²) in [6, 6.07) is 12.0. The highest BCUT2D eigenvalue weighted by molar-refractivity contribution is 7.99. The van der Waals surface area contributed by atoms with E-state index < -0.39 is 0 Å². The maximum Gasteiger partial charge on any atom is 0.123 e. The molecule has 0 saturated carbocycles. The summed E-state index contributed by atoms with van der Waals surface area (Å²) >= 11 is 1.78. The summed E-state index contributed by atoms with van der Waals surface area (Å²) < 4.78 is 18.3. The lowest BCUT2D eigenvalue weighted by atomic mass is 10.2. The zero-order valence-corrected chi connectivity index (χ0v) is 12.3. The Morgan fingerprint density at radius 2 is 1.90 bits per heavy atom. The zero-order chi connectivity index (χ0) is 14.4. The molecule has 0 aliphatic heterocycles. The molecule has 2 N–H and O–H groups in total. The molecule has 4 heteroatoms. The molecule has 0 amide bonds. The molecule has 2 aromatic carbocycles. The Kier molecular flexibility index (Phi) is 5.30. The van der Waals surface area contributed by atoms with Crippen molar-refractivity contribution in [2.75, 3.05) is 18.1 Å². The third-order valence-electron chi connectivity index (χ3n) is 2.84. The first-order valence-corrected chi connectivity index (χ1v) is 7.51. The molecule has 2 nitrogen and oxygen atoms in total. The lowest BCUT2D eigenvalue weighted by Gasteiger charge is -2.08. The van der Waals surface area contributed by atoms with Crippen LogP contribution >= 0.6 is 11.8 Å². The van der Waals surface area contributed by atoms with E-state index in [9.17, 15) is 4.39 Å². The molecule has 0 unspecified atom stereocenters. The van der Waals surface area contributed by atoms with Gasteiger partial charge in [-0.05, 0) is 55.3 Å². The van der Waals surface area contributed by atoms with Crippen molar-refractivity contribution in [1.82, 2.24) is 0 Å². The second-order valence-electron chi connectivity index (χ2n) is 4.53. The van der Waals surface area contributed by atoms with Crippen LogP contribution in [0.15, 0.2) is 47.4 Å². The third-order valence-corrected chi connectivity index (χ3v) is 4.08. The molecule has 0 saturated heterocycles. The summed E-state index contributed by atoms with van der Waals surface area (Å²) in [6.07, 6.45) is 0.927. The maximum absolute atomic E-state index is 12.7. The summed E-state index contributed by atoms with van der Waals surface area (Å²) in [4.78, 5) is 1.21. The summed E-state index contributed by atoms with van der Waals surface area (Å²) in [5.41, 5.74) is 7.81. The van der Waals surface area contributed by atoms with Crippen LogP contribution in [0.3, 0.4) is 0 Å². The number of anilines is 1. The van der Waals surface area contributed by atoms with Crippen molar-refractivity contribution in [3.05, 3.63) is 53.8 Å². The highest BCUT2D eigenvalue weighted by Crippen LogP contribution is 2.25. The lowest BCUT2D eigenvalue weighted by molar-refractivity contribution is 0.318. The quantitative estimate of drug-likeness (QED) is 0.490. The summed E-state index contributed by atoms with van der Waals surface area (Å²) in [5, 5.41) is 0. The number of rotatable bonds is 6. The molecule has 0 bridgehead atoms. The summed E-state index contributed by atoms with van der Waals surface area (Å²) in [7, 11) is 0. The zero-order valence-electron chi connectivity index (χ0n) is 11.4. The molecule has 0 atom stereocenters. The molecule has 0 heterocycles. The Balaban J connectivity index is 1.71. The second-order valence-corrected chi connectivity index (χ2v) is 5.67. The second kappa shape index (κ2) is 7.20. The number of hydrogen-bond acceptors (Lipinski definition) is 3. The predicted octanol–water partition coefficient (Wildman–Crippen LogP) is 4.28. The number of halogens is 1. The predicted molar refractivity (Wildman–Crippen MR) is 82.8 cm³/mol. The van der Waals surface area contributed by atoms with Crippen LogP contribution in [-0.2, 0) is 0 Å². The SMILES string of the molecule is Cc1ccc(N)cc1SCCCOc1ccc(F)cc1. The van der Waals surface area contributed by atoms with Gasteiger partial charge in [0.15, 0.2) is 0 Å². The first kappa shape index (κ1) is 14.7. The van der Waals surface area contributed by atoms with Crippen LogP contribution in [0, 0.1) is 12.7 Å². The van der Waals surface area contributed by atoms with Gasteiger partial charge in [-0.15, -0.1) is 11.8 Å². The van der Waals surface area contributed by atoms with E-state index >= 15 is 0 Å². The molecule has 0 fully saturated rings. The van der Waals surface area contributed by atoms with Gasteiger partial charge in [-0.2, -0.15) is 0 Å². The molecule has 0 aliphatic rings. The molecule has 2 aromatic rings. The molecular formula is C16H18FNOS. The molecule has 2 rings (SSSR count). The molecule has 0 radical (unpaired) electrons. The Morgan fingerprint density at radius 3 is 2.65 bits per heavy atom. The van der Waals surface area contributed by atoms with Crippen LogP contribution in [0.4, 0.5) is 10.1 Å². The minimum Gasteiger partial charge on any atom is -0.494 e. The Hall–Kier alpha value is -1.68. The van der Waals surface area contributed by atoms with Gasteiger partial charge in [-0.25, -0.2) is 4.39 Å². The van der Waals surface area contributed by atoms with Gasteiger partial charge in [0.05, 0.1) is 6.61 Å². The van der Waals surface area contributed by atoms with Crippen molar-refractivity contribution in [3.63, 3.8) is 0 Å². The number of benzene rings is 2. The van der Waals surface area contributed by atoms with Gasteiger partial charge in [-0.3, -0.25) is 0 Å². The van der Waals surface area contributed by atoms with E-state index in [0.717, 1.165) is 17.9 Å². The van der Waals surface area contributed by atoms with Gasteiger partial charge < -0.3 is 10.5 Å². The van der Waals surface area contributed by atoms with Crippen molar-refractivity contribution < 1.29 is 9.13 Å². The fraction of sp³-hybridized carbons (Fsp3) is 0.250.